The Kier molecular flexibility index (Phi) is 3.74. The van der Waals surface area contributed by atoms with E-state index in [1.165, 1.54) is 0 Å². The van der Waals surface area contributed by atoms with Gasteiger partial charge >= 0.3 is 5.97 Å². The zero-order chi connectivity index (χ0) is 14.9. The maximum atomic E-state index is 12.5. The lowest BCUT2D eigenvalue weighted by Gasteiger charge is -2.36. The van der Waals surface area contributed by atoms with Crippen molar-refractivity contribution in [1.82, 2.24) is 15.1 Å². The minimum atomic E-state index is -0.790. The average Bonchev–Trinajstić information content (AvgIpc) is 2.41. The molecule has 0 saturated carbocycles. The topological polar surface area (TPSA) is 83.4 Å². The van der Waals surface area contributed by atoms with Crippen molar-refractivity contribution in [1.29, 1.82) is 0 Å². The van der Waals surface area contributed by atoms with E-state index in [0.717, 1.165) is 0 Å². The van der Waals surface area contributed by atoms with Gasteiger partial charge in [-0.05, 0) is 39.7 Å². The second-order valence-electron chi connectivity index (χ2n) is 5.64. The second kappa shape index (κ2) is 5.19. The number of likely N-dealkylation sites (tertiary alicyclic amines) is 1. The molecular formula is C14H19N3O3. The van der Waals surface area contributed by atoms with Gasteiger partial charge < -0.3 is 10.0 Å². The monoisotopic (exact) mass is 277 g/mol. The Morgan fingerprint density at radius 1 is 1.25 bits per heavy atom. The van der Waals surface area contributed by atoms with Gasteiger partial charge in [0.2, 0.25) is 0 Å². The summed E-state index contributed by atoms with van der Waals surface area (Å²) in [5, 5.41) is 17.1. The number of aromatic nitrogens is 2. The minimum absolute atomic E-state index is 0.0899. The van der Waals surface area contributed by atoms with Gasteiger partial charge in [-0.2, -0.15) is 10.2 Å². The Bertz CT molecular complexity index is 549. The van der Waals surface area contributed by atoms with Crippen molar-refractivity contribution >= 4 is 11.9 Å². The molecule has 1 N–H and O–H groups in total. The van der Waals surface area contributed by atoms with Gasteiger partial charge in [-0.3, -0.25) is 9.59 Å². The van der Waals surface area contributed by atoms with Crippen LogP contribution in [-0.4, -0.2) is 45.2 Å². The third-order valence-corrected chi connectivity index (χ3v) is 4.00. The first-order chi connectivity index (χ1) is 9.33. The molecule has 0 atom stereocenters. The summed E-state index contributed by atoms with van der Waals surface area (Å²) in [5.41, 5.74) is 1.13. The summed E-state index contributed by atoms with van der Waals surface area (Å²) in [6.45, 7) is 6.21. The van der Waals surface area contributed by atoms with E-state index in [2.05, 4.69) is 10.2 Å². The van der Waals surface area contributed by atoms with E-state index >= 15 is 0 Å². The first-order valence-electron chi connectivity index (χ1n) is 6.67. The van der Waals surface area contributed by atoms with Crippen LogP contribution >= 0.6 is 0 Å². The lowest BCUT2D eigenvalue weighted by molar-refractivity contribution is -0.150. The van der Waals surface area contributed by atoms with E-state index in [1.54, 1.807) is 31.7 Å². The van der Waals surface area contributed by atoms with Crippen LogP contribution < -0.4 is 0 Å². The molecule has 0 unspecified atom stereocenters. The van der Waals surface area contributed by atoms with E-state index in [-0.39, 0.29) is 5.91 Å². The predicted octanol–water partition coefficient (Wildman–Crippen LogP) is 1.42. The summed E-state index contributed by atoms with van der Waals surface area (Å²) in [4.78, 5) is 25.4. The number of carbonyl (C=O) groups is 2. The van der Waals surface area contributed by atoms with E-state index in [4.69, 9.17) is 0 Å². The largest absolute Gasteiger partial charge is 0.481 e. The summed E-state index contributed by atoms with van der Waals surface area (Å²) < 4.78 is 0. The molecule has 2 rings (SSSR count). The molecule has 2 heterocycles. The van der Waals surface area contributed by atoms with Gasteiger partial charge in [0.15, 0.2) is 0 Å². The highest BCUT2D eigenvalue weighted by molar-refractivity contribution is 5.95. The number of rotatable bonds is 2. The van der Waals surface area contributed by atoms with E-state index in [1.807, 2.05) is 0 Å². The fourth-order valence-corrected chi connectivity index (χ4v) is 2.35. The smallest absolute Gasteiger partial charge is 0.309 e. The quantitative estimate of drug-likeness (QED) is 0.884. The molecule has 6 heteroatoms. The highest BCUT2D eigenvalue weighted by Crippen LogP contribution is 2.31. The molecule has 1 saturated heterocycles. The summed E-state index contributed by atoms with van der Waals surface area (Å²) >= 11 is 0. The first-order valence-corrected chi connectivity index (χ1v) is 6.67. The summed E-state index contributed by atoms with van der Waals surface area (Å²) in [6.07, 6.45) is 0.954. The molecule has 20 heavy (non-hydrogen) atoms. The number of hydrogen-bond acceptors (Lipinski definition) is 4. The van der Waals surface area contributed by atoms with Crippen molar-refractivity contribution in [3.05, 3.63) is 23.0 Å². The molecule has 1 aliphatic heterocycles. The highest BCUT2D eigenvalue weighted by Gasteiger charge is 2.38. The molecule has 1 aromatic rings. The predicted molar refractivity (Wildman–Crippen MR) is 72.4 cm³/mol. The van der Waals surface area contributed by atoms with Gasteiger partial charge in [0.05, 0.1) is 22.4 Å². The maximum Gasteiger partial charge on any atom is 0.309 e. The van der Waals surface area contributed by atoms with Gasteiger partial charge in [0, 0.05) is 13.1 Å². The molecule has 1 amide bonds. The summed E-state index contributed by atoms with van der Waals surface area (Å²) in [6, 6.07) is 1.73. The molecular weight excluding hydrogens is 258 g/mol. The number of piperidine rings is 1. The van der Waals surface area contributed by atoms with Gasteiger partial charge in [-0.15, -0.1) is 0 Å². The number of carbonyl (C=O) groups excluding carboxylic acids is 1. The van der Waals surface area contributed by atoms with Gasteiger partial charge in [0.1, 0.15) is 0 Å². The maximum absolute atomic E-state index is 12.5. The van der Waals surface area contributed by atoms with Crippen LogP contribution in [-0.2, 0) is 4.79 Å². The Morgan fingerprint density at radius 3 is 2.40 bits per heavy atom. The Hall–Kier alpha value is -1.98. The van der Waals surface area contributed by atoms with Crippen molar-refractivity contribution in [2.75, 3.05) is 13.1 Å². The summed E-state index contributed by atoms with van der Waals surface area (Å²) in [5.74, 6) is -0.879. The third kappa shape index (κ3) is 2.64. The van der Waals surface area contributed by atoms with Gasteiger partial charge in [-0.25, -0.2) is 0 Å². The molecule has 0 spiro atoms. The molecule has 108 valence electrons. The number of carboxylic acid groups (broad SMARTS) is 1. The van der Waals surface area contributed by atoms with Gasteiger partial charge in [0.25, 0.3) is 5.91 Å². The molecule has 0 radical (unpaired) electrons. The standard InChI is InChI=1S/C14H19N3O3/c1-9-8-11(10(2)16-15-9)12(18)17-6-4-14(3,5-7-17)13(19)20/h8H,4-7H2,1-3H3,(H,19,20). The lowest BCUT2D eigenvalue weighted by atomic mass is 9.80. The van der Waals surface area contributed by atoms with Crippen LogP contribution in [0.5, 0.6) is 0 Å². The van der Waals surface area contributed by atoms with E-state index < -0.39 is 11.4 Å². The Morgan fingerprint density at radius 2 is 1.85 bits per heavy atom. The second-order valence-corrected chi connectivity index (χ2v) is 5.64. The van der Waals surface area contributed by atoms with Crippen molar-refractivity contribution in [2.45, 2.75) is 33.6 Å². The van der Waals surface area contributed by atoms with Crippen molar-refractivity contribution in [3.8, 4) is 0 Å². The normalized spacial score (nSPS) is 17.9. The fraction of sp³-hybridized carbons (Fsp3) is 0.571. The number of carboxylic acids is 1. The lowest BCUT2D eigenvalue weighted by Crippen LogP contribution is -2.45. The van der Waals surface area contributed by atoms with Crippen LogP contribution in [0, 0.1) is 19.3 Å². The van der Waals surface area contributed by atoms with Crippen LogP contribution in [0.25, 0.3) is 0 Å². The van der Waals surface area contributed by atoms with Crippen LogP contribution in [0.2, 0.25) is 0 Å². The molecule has 6 nitrogen and oxygen atoms in total. The first kappa shape index (κ1) is 14.4. The number of aliphatic carboxylic acids is 1. The van der Waals surface area contributed by atoms with Crippen LogP contribution in [0.1, 0.15) is 41.5 Å². The van der Waals surface area contributed by atoms with E-state index in [0.29, 0.717) is 42.9 Å². The Labute approximate surface area is 117 Å². The third-order valence-electron chi connectivity index (χ3n) is 4.00. The average molecular weight is 277 g/mol. The Balaban J connectivity index is 2.13. The molecule has 1 aromatic heterocycles. The van der Waals surface area contributed by atoms with Crippen molar-refractivity contribution in [3.63, 3.8) is 0 Å². The van der Waals surface area contributed by atoms with Gasteiger partial charge in [-0.1, -0.05) is 0 Å². The highest BCUT2D eigenvalue weighted by atomic mass is 16.4. The SMILES string of the molecule is Cc1cc(C(=O)N2CCC(C)(C(=O)O)CC2)c(C)nn1. The van der Waals surface area contributed by atoms with Crippen molar-refractivity contribution in [2.24, 2.45) is 5.41 Å². The number of amides is 1. The fourth-order valence-electron chi connectivity index (χ4n) is 2.35. The zero-order valence-electron chi connectivity index (χ0n) is 12.0. The number of aryl methyl sites for hydroxylation is 2. The molecule has 0 aliphatic carbocycles. The number of hydrogen-bond donors (Lipinski definition) is 1. The van der Waals surface area contributed by atoms with Crippen molar-refractivity contribution < 1.29 is 14.7 Å². The molecule has 1 fully saturated rings. The minimum Gasteiger partial charge on any atom is -0.481 e. The van der Waals surface area contributed by atoms with Crippen LogP contribution in [0.3, 0.4) is 0 Å². The molecule has 0 bridgehead atoms. The molecule has 1 aliphatic rings. The zero-order valence-corrected chi connectivity index (χ0v) is 12.0. The summed E-state index contributed by atoms with van der Waals surface area (Å²) in [7, 11) is 0. The molecule has 0 aromatic carbocycles. The van der Waals surface area contributed by atoms with Crippen LogP contribution in [0.4, 0.5) is 0 Å². The van der Waals surface area contributed by atoms with E-state index in [9.17, 15) is 14.7 Å². The van der Waals surface area contributed by atoms with Crippen LogP contribution in [0.15, 0.2) is 6.07 Å². The number of nitrogens with zero attached hydrogens (tertiary/aromatic N) is 3.